The summed E-state index contributed by atoms with van der Waals surface area (Å²) in [6.45, 7) is 0.275. The van der Waals surface area contributed by atoms with Crippen LogP contribution in [-0.2, 0) is 6.54 Å². The molecule has 2 aromatic carbocycles. The number of amides is 2. The van der Waals surface area contributed by atoms with Crippen molar-refractivity contribution in [3.63, 3.8) is 0 Å². The molecule has 0 heterocycles. The van der Waals surface area contributed by atoms with E-state index in [1.54, 1.807) is 42.5 Å². The number of nitrogens with one attached hydrogen (secondary N) is 1. The number of nitriles is 1. The van der Waals surface area contributed by atoms with E-state index in [1.165, 1.54) is 6.07 Å². The topological polar surface area (TPSA) is 96.0 Å². The summed E-state index contributed by atoms with van der Waals surface area (Å²) in [6.07, 6.45) is 0. The average molecular weight is 279 g/mol. The van der Waals surface area contributed by atoms with Gasteiger partial charge in [-0.25, -0.2) is 0 Å². The van der Waals surface area contributed by atoms with Crippen LogP contribution in [0.25, 0.3) is 0 Å². The molecule has 0 aliphatic carbocycles. The zero-order chi connectivity index (χ0) is 15.2. The number of primary amides is 1. The second-order valence-corrected chi connectivity index (χ2v) is 4.44. The number of carbonyl (C=O) groups is 2. The van der Waals surface area contributed by atoms with Crippen molar-refractivity contribution in [1.82, 2.24) is 5.32 Å². The van der Waals surface area contributed by atoms with Crippen molar-refractivity contribution in [2.75, 3.05) is 0 Å². The molecule has 0 radical (unpaired) electrons. The Labute approximate surface area is 122 Å². The van der Waals surface area contributed by atoms with Gasteiger partial charge in [0.05, 0.1) is 11.6 Å². The maximum atomic E-state index is 12.0. The summed E-state index contributed by atoms with van der Waals surface area (Å²) >= 11 is 0. The molecule has 3 N–H and O–H groups in total. The van der Waals surface area contributed by atoms with Crippen LogP contribution in [-0.4, -0.2) is 11.8 Å². The number of hydrogen-bond donors (Lipinski definition) is 2. The van der Waals surface area contributed by atoms with Crippen LogP contribution in [0, 0.1) is 11.3 Å². The summed E-state index contributed by atoms with van der Waals surface area (Å²) in [7, 11) is 0. The highest BCUT2D eigenvalue weighted by Crippen LogP contribution is 2.07. The van der Waals surface area contributed by atoms with Crippen molar-refractivity contribution in [1.29, 1.82) is 5.26 Å². The first-order chi connectivity index (χ1) is 10.1. The highest BCUT2D eigenvalue weighted by Gasteiger charge is 2.07. The Kier molecular flexibility index (Phi) is 4.32. The van der Waals surface area contributed by atoms with E-state index in [4.69, 9.17) is 11.0 Å². The van der Waals surface area contributed by atoms with Crippen LogP contribution in [0.2, 0.25) is 0 Å². The molecule has 5 heteroatoms. The number of carbonyl (C=O) groups excluding carboxylic acids is 2. The Balaban J connectivity index is 2.05. The fourth-order valence-electron chi connectivity index (χ4n) is 1.85. The Hall–Kier alpha value is -3.13. The van der Waals surface area contributed by atoms with Crippen molar-refractivity contribution >= 4 is 11.8 Å². The molecule has 5 nitrogen and oxygen atoms in total. The van der Waals surface area contributed by atoms with E-state index in [2.05, 4.69) is 5.32 Å². The standard InChI is InChI=1S/C16H13N3O2/c17-9-11-3-1-6-14(7-11)16(21)19-10-12-4-2-5-13(8-12)15(18)20/h1-8H,10H2,(H2,18,20)(H,19,21). The first-order valence-corrected chi connectivity index (χ1v) is 6.27. The maximum absolute atomic E-state index is 12.0. The molecule has 0 saturated carbocycles. The minimum absolute atomic E-state index is 0.275. The van der Waals surface area contributed by atoms with E-state index in [9.17, 15) is 9.59 Å². The van der Waals surface area contributed by atoms with Gasteiger partial charge in [0.15, 0.2) is 0 Å². The number of nitrogens with two attached hydrogens (primary N) is 1. The van der Waals surface area contributed by atoms with E-state index in [0.29, 0.717) is 16.7 Å². The van der Waals surface area contributed by atoms with Crippen molar-refractivity contribution in [2.45, 2.75) is 6.54 Å². The van der Waals surface area contributed by atoms with Gasteiger partial charge >= 0.3 is 0 Å². The molecule has 0 bridgehead atoms. The predicted octanol–water partition coefficient (Wildman–Crippen LogP) is 1.59. The zero-order valence-corrected chi connectivity index (χ0v) is 11.2. The predicted molar refractivity (Wildman–Crippen MR) is 77.3 cm³/mol. The quantitative estimate of drug-likeness (QED) is 0.889. The van der Waals surface area contributed by atoms with Crippen LogP contribution in [0.15, 0.2) is 48.5 Å². The number of rotatable bonds is 4. The molecule has 0 aliphatic rings. The molecule has 0 fully saturated rings. The molecule has 0 unspecified atom stereocenters. The maximum Gasteiger partial charge on any atom is 0.251 e. The second kappa shape index (κ2) is 6.35. The van der Waals surface area contributed by atoms with Gasteiger partial charge in [0.1, 0.15) is 0 Å². The van der Waals surface area contributed by atoms with Gasteiger partial charge in [-0.3, -0.25) is 9.59 Å². The fraction of sp³-hybridized carbons (Fsp3) is 0.0625. The van der Waals surface area contributed by atoms with Crippen molar-refractivity contribution < 1.29 is 9.59 Å². The van der Waals surface area contributed by atoms with E-state index < -0.39 is 5.91 Å². The smallest absolute Gasteiger partial charge is 0.251 e. The molecule has 2 amide bonds. The van der Waals surface area contributed by atoms with Gasteiger partial charge in [0, 0.05) is 17.7 Å². The first kappa shape index (κ1) is 14.3. The van der Waals surface area contributed by atoms with Gasteiger partial charge in [-0.1, -0.05) is 18.2 Å². The van der Waals surface area contributed by atoms with Gasteiger partial charge in [-0.2, -0.15) is 5.26 Å². The summed E-state index contributed by atoms with van der Waals surface area (Å²) in [4.78, 5) is 23.1. The van der Waals surface area contributed by atoms with E-state index in [-0.39, 0.29) is 12.5 Å². The van der Waals surface area contributed by atoms with E-state index in [0.717, 1.165) is 5.56 Å². The lowest BCUT2D eigenvalue weighted by molar-refractivity contribution is 0.0950. The molecular formula is C16H13N3O2. The van der Waals surface area contributed by atoms with Crippen LogP contribution < -0.4 is 11.1 Å². The number of benzene rings is 2. The monoisotopic (exact) mass is 279 g/mol. The molecule has 0 spiro atoms. The minimum atomic E-state index is -0.509. The minimum Gasteiger partial charge on any atom is -0.366 e. The van der Waals surface area contributed by atoms with Crippen molar-refractivity contribution in [2.24, 2.45) is 5.73 Å². The van der Waals surface area contributed by atoms with Crippen LogP contribution in [0.4, 0.5) is 0 Å². The van der Waals surface area contributed by atoms with E-state index in [1.807, 2.05) is 6.07 Å². The Bertz CT molecular complexity index is 732. The average Bonchev–Trinajstić information content (AvgIpc) is 2.53. The van der Waals surface area contributed by atoms with Gasteiger partial charge in [-0.15, -0.1) is 0 Å². The van der Waals surface area contributed by atoms with Gasteiger partial charge in [0.25, 0.3) is 5.91 Å². The summed E-state index contributed by atoms with van der Waals surface area (Å²) in [5, 5.41) is 11.5. The Morgan fingerprint density at radius 3 is 2.52 bits per heavy atom. The second-order valence-electron chi connectivity index (χ2n) is 4.44. The normalized spacial score (nSPS) is 9.67. The van der Waals surface area contributed by atoms with Crippen LogP contribution in [0.3, 0.4) is 0 Å². The molecule has 104 valence electrons. The molecular weight excluding hydrogens is 266 g/mol. The largest absolute Gasteiger partial charge is 0.366 e. The lowest BCUT2D eigenvalue weighted by Gasteiger charge is -2.06. The molecule has 0 aromatic heterocycles. The highest BCUT2D eigenvalue weighted by atomic mass is 16.2. The summed E-state index contributed by atoms with van der Waals surface area (Å²) in [5.74, 6) is -0.790. The SMILES string of the molecule is N#Cc1cccc(C(=O)NCc2cccc(C(N)=O)c2)c1. The molecule has 0 saturated heterocycles. The third-order valence-electron chi connectivity index (χ3n) is 2.92. The third-order valence-corrected chi connectivity index (χ3v) is 2.92. The number of hydrogen-bond acceptors (Lipinski definition) is 3. The van der Waals surface area contributed by atoms with Crippen LogP contribution in [0.1, 0.15) is 31.8 Å². The highest BCUT2D eigenvalue weighted by molar-refractivity contribution is 5.94. The molecule has 2 rings (SSSR count). The van der Waals surface area contributed by atoms with Gasteiger partial charge < -0.3 is 11.1 Å². The van der Waals surface area contributed by atoms with Crippen LogP contribution >= 0.6 is 0 Å². The lowest BCUT2D eigenvalue weighted by atomic mass is 10.1. The molecule has 0 aliphatic heterocycles. The summed E-state index contributed by atoms with van der Waals surface area (Å²) in [5.41, 5.74) is 7.22. The van der Waals surface area contributed by atoms with E-state index >= 15 is 0 Å². The van der Waals surface area contributed by atoms with Crippen molar-refractivity contribution in [3.8, 4) is 6.07 Å². The molecule has 2 aromatic rings. The van der Waals surface area contributed by atoms with Gasteiger partial charge in [0.2, 0.25) is 5.91 Å². The molecule has 0 atom stereocenters. The summed E-state index contributed by atoms with van der Waals surface area (Å²) in [6, 6.07) is 15.2. The zero-order valence-electron chi connectivity index (χ0n) is 11.2. The fourth-order valence-corrected chi connectivity index (χ4v) is 1.85. The van der Waals surface area contributed by atoms with Crippen molar-refractivity contribution in [3.05, 3.63) is 70.8 Å². The summed E-state index contributed by atoms with van der Waals surface area (Å²) < 4.78 is 0. The van der Waals surface area contributed by atoms with Gasteiger partial charge in [-0.05, 0) is 35.9 Å². The van der Waals surface area contributed by atoms with Crippen LogP contribution in [0.5, 0.6) is 0 Å². The Morgan fingerprint density at radius 2 is 1.81 bits per heavy atom. The number of nitrogens with zero attached hydrogens (tertiary/aromatic N) is 1. The lowest BCUT2D eigenvalue weighted by Crippen LogP contribution is -2.23. The third kappa shape index (κ3) is 3.67. The Morgan fingerprint density at radius 1 is 1.10 bits per heavy atom. The first-order valence-electron chi connectivity index (χ1n) is 6.27. The molecule has 21 heavy (non-hydrogen) atoms.